The lowest BCUT2D eigenvalue weighted by molar-refractivity contribution is 0.101. The molecule has 2 aromatic rings. The van der Waals surface area contributed by atoms with E-state index in [-0.39, 0.29) is 17.4 Å². The van der Waals surface area contributed by atoms with E-state index in [1.54, 1.807) is 55.3 Å². The fourth-order valence-electron chi connectivity index (χ4n) is 1.91. The van der Waals surface area contributed by atoms with E-state index in [2.05, 4.69) is 0 Å². The number of hydrogen-bond donors (Lipinski definition) is 0. The Morgan fingerprint density at radius 3 is 2.40 bits per heavy atom. The number of aryl methyl sites for hydroxylation is 1. The van der Waals surface area contributed by atoms with Crippen LogP contribution in [-0.2, 0) is 7.05 Å². The van der Waals surface area contributed by atoms with Crippen molar-refractivity contribution in [1.29, 1.82) is 0 Å². The van der Waals surface area contributed by atoms with Gasteiger partial charge < -0.3 is 9.30 Å². The Morgan fingerprint density at radius 2 is 1.85 bits per heavy atom. The zero-order valence-corrected chi connectivity index (χ0v) is 12.0. The van der Waals surface area contributed by atoms with E-state index in [1.165, 1.54) is 0 Å². The van der Waals surface area contributed by atoms with Crippen LogP contribution in [0.25, 0.3) is 0 Å². The van der Waals surface area contributed by atoms with Crippen LogP contribution in [0.15, 0.2) is 36.5 Å². The van der Waals surface area contributed by atoms with Gasteiger partial charge in [-0.1, -0.05) is 0 Å². The lowest BCUT2D eigenvalue weighted by atomic mass is 10.1. The first-order valence-corrected chi connectivity index (χ1v) is 6.54. The lowest BCUT2D eigenvalue weighted by Crippen LogP contribution is -2.06. The van der Waals surface area contributed by atoms with Gasteiger partial charge in [-0.2, -0.15) is 0 Å². The van der Waals surface area contributed by atoms with Crippen LogP contribution in [0.2, 0.25) is 0 Å². The molecule has 5 heteroatoms. The molecule has 0 unspecified atom stereocenters. The molecule has 0 atom stereocenters. The summed E-state index contributed by atoms with van der Waals surface area (Å²) in [5.74, 6) is 0.242. The molecule has 0 radical (unpaired) electrons. The Balaban J connectivity index is 2.32. The highest BCUT2D eigenvalue weighted by Crippen LogP contribution is 2.17. The molecule has 0 fully saturated rings. The molecule has 0 N–H and O–H groups in total. The second-order valence-corrected chi connectivity index (χ2v) is 4.61. The number of benzene rings is 1. The zero-order valence-electron chi connectivity index (χ0n) is 11.2. The molecule has 1 aromatic carbocycles. The van der Waals surface area contributed by atoms with Crippen molar-refractivity contribution in [3.8, 4) is 5.75 Å². The van der Waals surface area contributed by atoms with Crippen molar-refractivity contribution < 1.29 is 14.3 Å². The van der Waals surface area contributed by atoms with E-state index in [9.17, 15) is 9.59 Å². The van der Waals surface area contributed by atoms with Crippen molar-refractivity contribution in [3.05, 3.63) is 53.3 Å². The van der Waals surface area contributed by atoms with E-state index in [0.29, 0.717) is 22.6 Å². The highest BCUT2D eigenvalue weighted by atomic mass is 35.5. The second kappa shape index (κ2) is 5.92. The molecule has 0 aliphatic rings. The van der Waals surface area contributed by atoms with Crippen molar-refractivity contribution in [3.63, 3.8) is 0 Å². The Morgan fingerprint density at radius 1 is 1.20 bits per heavy atom. The van der Waals surface area contributed by atoms with Crippen LogP contribution in [0, 0.1) is 0 Å². The molecule has 0 bridgehead atoms. The number of nitrogens with zero attached hydrogens (tertiary/aromatic N) is 1. The van der Waals surface area contributed by atoms with Crippen molar-refractivity contribution in [2.45, 2.75) is 0 Å². The molecular weight excluding hydrogens is 278 g/mol. The number of carbonyl (C=O) groups is 2. The van der Waals surface area contributed by atoms with Gasteiger partial charge in [0.15, 0.2) is 5.78 Å². The topological polar surface area (TPSA) is 48.3 Å². The summed E-state index contributed by atoms with van der Waals surface area (Å²) >= 11 is 5.52. The molecule has 0 amide bonds. The number of hydrogen-bond acceptors (Lipinski definition) is 3. The van der Waals surface area contributed by atoms with Gasteiger partial charge in [0.05, 0.1) is 18.7 Å². The van der Waals surface area contributed by atoms with Crippen LogP contribution in [0.3, 0.4) is 0 Å². The summed E-state index contributed by atoms with van der Waals surface area (Å²) in [5, 5.41) is 0. The fraction of sp³-hybridized carbons (Fsp3) is 0.200. The number of alkyl halides is 1. The minimum absolute atomic E-state index is 0.0970. The van der Waals surface area contributed by atoms with Crippen LogP contribution in [0.4, 0.5) is 0 Å². The van der Waals surface area contributed by atoms with Gasteiger partial charge in [-0.05, 0) is 30.3 Å². The van der Waals surface area contributed by atoms with Crippen LogP contribution < -0.4 is 4.74 Å². The van der Waals surface area contributed by atoms with Gasteiger partial charge in [0.25, 0.3) is 0 Å². The first-order valence-electron chi connectivity index (χ1n) is 6.01. The quantitative estimate of drug-likeness (QED) is 0.628. The number of methoxy groups -OCH3 is 1. The SMILES string of the molecule is COc1ccc(C(=O)c2cc(C(=O)CCl)cn2C)cc1. The minimum atomic E-state index is -0.198. The van der Waals surface area contributed by atoms with Crippen molar-refractivity contribution in [1.82, 2.24) is 4.57 Å². The molecule has 0 aliphatic heterocycles. The lowest BCUT2D eigenvalue weighted by Gasteiger charge is -2.04. The van der Waals surface area contributed by atoms with Crippen LogP contribution in [0.1, 0.15) is 26.4 Å². The maximum absolute atomic E-state index is 12.4. The highest BCUT2D eigenvalue weighted by Gasteiger charge is 2.16. The first kappa shape index (κ1) is 14.3. The number of halogens is 1. The number of Topliss-reactive ketones (excluding diaryl/α,β-unsaturated/α-hetero) is 1. The summed E-state index contributed by atoms with van der Waals surface area (Å²) in [6.07, 6.45) is 1.61. The Hall–Kier alpha value is -2.07. The Kier molecular flexibility index (Phi) is 4.25. The molecule has 0 saturated carbocycles. The normalized spacial score (nSPS) is 10.3. The van der Waals surface area contributed by atoms with Gasteiger partial charge in [-0.25, -0.2) is 0 Å². The van der Waals surface area contributed by atoms with E-state index < -0.39 is 0 Å². The van der Waals surface area contributed by atoms with Crippen molar-refractivity contribution >= 4 is 23.2 Å². The summed E-state index contributed by atoms with van der Waals surface area (Å²) < 4.78 is 6.68. The highest BCUT2D eigenvalue weighted by molar-refractivity contribution is 6.30. The minimum Gasteiger partial charge on any atom is -0.497 e. The molecule has 1 aromatic heterocycles. The first-order chi connectivity index (χ1) is 9.56. The van der Waals surface area contributed by atoms with Gasteiger partial charge in [-0.3, -0.25) is 9.59 Å². The summed E-state index contributed by atoms with van der Waals surface area (Å²) in [4.78, 5) is 23.9. The largest absolute Gasteiger partial charge is 0.497 e. The second-order valence-electron chi connectivity index (χ2n) is 4.34. The van der Waals surface area contributed by atoms with Gasteiger partial charge in [0.1, 0.15) is 5.75 Å². The maximum Gasteiger partial charge on any atom is 0.209 e. The molecule has 4 nitrogen and oxygen atoms in total. The summed E-state index contributed by atoms with van der Waals surface area (Å²) in [6.45, 7) is 0. The fourth-order valence-corrected chi connectivity index (χ4v) is 2.06. The molecule has 0 saturated heterocycles. The van der Waals surface area contributed by atoms with Gasteiger partial charge in [0.2, 0.25) is 5.78 Å². The van der Waals surface area contributed by atoms with Gasteiger partial charge in [-0.15, -0.1) is 11.6 Å². The summed E-state index contributed by atoms with van der Waals surface area (Å²) in [6, 6.07) is 8.40. The Labute approximate surface area is 121 Å². The number of aromatic nitrogens is 1. The van der Waals surface area contributed by atoms with Gasteiger partial charge >= 0.3 is 0 Å². The molecular formula is C15H14ClNO3. The van der Waals surface area contributed by atoms with Crippen molar-refractivity contribution in [2.24, 2.45) is 7.05 Å². The number of carbonyl (C=O) groups excluding carboxylic acids is 2. The molecule has 1 heterocycles. The number of rotatable bonds is 5. The van der Waals surface area contributed by atoms with E-state index in [4.69, 9.17) is 16.3 Å². The van der Waals surface area contributed by atoms with E-state index in [1.807, 2.05) is 0 Å². The predicted molar refractivity (Wildman–Crippen MR) is 76.9 cm³/mol. The third-order valence-electron chi connectivity index (χ3n) is 3.03. The third-order valence-corrected chi connectivity index (χ3v) is 3.28. The summed E-state index contributed by atoms with van der Waals surface area (Å²) in [7, 11) is 3.29. The average molecular weight is 292 g/mol. The van der Waals surface area contributed by atoms with E-state index in [0.717, 1.165) is 0 Å². The molecule has 0 aliphatic carbocycles. The Bertz CT molecular complexity index is 644. The summed E-state index contributed by atoms with van der Waals surface area (Å²) in [5.41, 5.74) is 1.43. The predicted octanol–water partition coefficient (Wildman–Crippen LogP) is 2.69. The third kappa shape index (κ3) is 2.75. The molecule has 2 rings (SSSR count). The zero-order chi connectivity index (χ0) is 14.7. The molecule has 0 spiro atoms. The number of ketones is 2. The van der Waals surface area contributed by atoms with Crippen LogP contribution in [-0.4, -0.2) is 29.1 Å². The molecule has 104 valence electrons. The monoisotopic (exact) mass is 291 g/mol. The standard InChI is InChI=1S/C15H14ClNO3/c1-17-9-11(14(18)8-16)7-13(17)15(19)10-3-5-12(20-2)6-4-10/h3-7,9H,8H2,1-2H3. The maximum atomic E-state index is 12.4. The van der Waals surface area contributed by atoms with Crippen LogP contribution >= 0.6 is 11.6 Å². The van der Waals surface area contributed by atoms with Gasteiger partial charge in [0, 0.05) is 24.4 Å². The van der Waals surface area contributed by atoms with Crippen LogP contribution in [0.5, 0.6) is 5.75 Å². The number of ether oxygens (including phenoxy) is 1. The van der Waals surface area contributed by atoms with Crippen molar-refractivity contribution in [2.75, 3.05) is 13.0 Å². The average Bonchev–Trinajstić information content (AvgIpc) is 2.87. The smallest absolute Gasteiger partial charge is 0.209 e. The molecule has 20 heavy (non-hydrogen) atoms. The van der Waals surface area contributed by atoms with E-state index >= 15 is 0 Å².